The molecule has 0 bridgehead atoms. The van der Waals surface area contributed by atoms with Crippen LogP contribution in [0.5, 0.6) is 0 Å². The summed E-state index contributed by atoms with van der Waals surface area (Å²) in [7, 11) is 1.97. The maximum atomic E-state index is 15.2. The molecular weight excluding hydrogens is 407 g/mol. The Balaban J connectivity index is 1.98. The molecule has 0 atom stereocenters. The maximum absolute atomic E-state index is 15.2. The summed E-state index contributed by atoms with van der Waals surface area (Å²) in [6.45, 7) is 13.4. The van der Waals surface area contributed by atoms with Gasteiger partial charge in [0, 0.05) is 16.2 Å². The highest BCUT2D eigenvalue weighted by Crippen LogP contribution is 2.43. The van der Waals surface area contributed by atoms with Crippen LogP contribution in [-0.2, 0) is 13.5 Å². The molecule has 0 aliphatic carbocycles. The fraction of sp³-hybridized carbons (Fsp3) is 0.300. The van der Waals surface area contributed by atoms with Gasteiger partial charge in [0.2, 0.25) is 11.7 Å². The number of pyridine rings is 2. The molecular formula is C30H30FN2+. The zero-order valence-electron chi connectivity index (χ0n) is 20.5. The molecule has 166 valence electrons. The van der Waals surface area contributed by atoms with E-state index >= 15 is 4.39 Å². The number of rotatable bonds is 1. The fourth-order valence-corrected chi connectivity index (χ4v) is 5.98. The molecule has 0 unspecified atom stereocenters. The quantitative estimate of drug-likeness (QED) is 0.143. The lowest BCUT2D eigenvalue weighted by Crippen LogP contribution is -2.30. The van der Waals surface area contributed by atoms with Gasteiger partial charge in [-0.2, -0.15) is 8.96 Å². The molecule has 6 aromatic rings. The summed E-state index contributed by atoms with van der Waals surface area (Å²) >= 11 is 0. The lowest BCUT2D eigenvalue weighted by atomic mass is 9.88. The first-order chi connectivity index (χ1) is 15.6. The molecule has 6 rings (SSSR count). The molecule has 0 N–H and O–H groups in total. The van der Waals surface area contributed by atoms with E-state index in [9.17, 15) is 0 Å². The van der Waals surface area contributed by atoms with Crippen LogP contribution in [0.15, 0.2) is 42.6 Å². The van der Waals surface area contributed by atoms with E-state index < -0.39 is 0 Å². The molecule has 0 aliphatic heterocycles. The highest BCUT2D eigenvalue weighted by Gasteiger charge is 2.27. The zero-order valence-corrected chi connectivity index (χ0v) is 20.5. The number of benzene rings is 3. The van der Waals surface area contributed by atoms with Crippen LogP contribution in [-0.4, -0.2) is 4.40 Å². The number of fused-ring (bicyclic) bond motifs is 6. The van der Waals surface area contributed by atoms with Crippen LogP contribution in [0.1, 0.15) is 43.0 Å². The molecule has 0 amide bonds. The van der Waals surface area contributed by atoms with Gasteiger partial charge in [0.1, 0.15) is 7.05 Å². The van der Waals surface area contributed by atoms with Crippen molar-refractivity contribution in [3.8, 4) is 0 Å². The van der Waals surface area contributed by atoms with Crippen molar-refractivity contribution in [1.82, 2.24) is 4.40 Å². The second-order valence-corrected chi connectivity index (χ2v) is 11.1. The number of hydrogen-bond donors (Lipinski definition) is 0. The molecule has 0 saturated heterocycles. The Morgan fingerprint density at radius 3 is 2.27 bits per heavy atom. The molecule has 0 spiro atoms. The third kappa shape index (κ3) is 2.68. The number of hydrogen-bond acceptors (Lipinski definition) is 0. The molecule has 0 saturated carbocycles. The van der Waals surface area contributed by atoms with Crippen LogP contribution in [0.4, 0.5) is 4.39 Å². The summed E-state index contributed by atoms with van der Waals surface area (Å²) in [5.74, 6) is -0.172. The third-order valence-electron chi connectivity index (χ3n) is 7.35. The first-order valence-electron chi connectivity index (χ1n) is 11.8. The average Bonchev–Trinajstić information content (AvgIpc) is 3.05. The van der Waals surface area contributed by atoms with E-state index in [1.807, 2.05) is 17.7 Å². The fourth-order valence-electron chi connectivity index (χ4n) is 5.98. The monoisotopic (exact) mass is 437 g/mol. The van der Waals surface area contributed by atoms with Gasteiger partial charge in [-0.05, 0) is 60.9 Å². The number of nitrogens with zero attached hydrogens (tertiary/aromatic N) is 2. The second-order valence-electron chi connectivity index (χ2n) is 11.1. The van der Waals surface area contributed by atoms with Gasteiger partial charge in [0.15, 0.2) is 5.82 Å². The van der Waals surface area contributed by atoms with Crippen LogP contribution in [0.25, 0.3) is 49.0 Å². The number of halogens is 1. The Morgan fingerprint density at radius 1 is 0.848 bits per heavy atom. The molecule has 0 fully saturated rings. The SMILES string of the molecule is Cc1cc(C)c2c(c1C)c1c3c(ccc4c5ccc(CC(C)(C)C)cc5n2c43)c(F)c[n+]1C. The molecule has 0 aliphatic rings. The molecule has 3 aromatic heterocycles. The molecule has 3 aromatic carbocycles. The van der Waals surface area contributed by atoms with Crippen molar-refractivity contribution in [2.75, 3.05) is 0 Å². The maximum Gasteiger partial charge on any atom is 0.224 e. The highest BCUT2D eigenvalue weighted by molar-refractivity contribution is 6.27. The van der Waals surface area contributed by atoms with Gasteiger partial charge in [-0.15, -0.1) is 0 Å². The van der Waals surface area contributed by atoms with Gasteiger partial charge in [0.25, 0.3) is 0 Å². The van der Waals surface area contributed by atoms with Gasteiger partial charge in [-0.3, -0.25) is 0 Å². The predicted molar refractivity (Wildman–Crippen MR) is 137 cm³/mol. The standard InChI is InChI=1S/C30H30FN2/c1-16-12-17(2)27-25(18(16)3)29-26-22(23(31)15-32(29)7)11-10-21-20-9-8-19(14-30(4,5)6)13-24(20)33(27)28(21)26/h8-13,15H,14H2,1-7H3/q+1. The Kier molecular flexibility index (Phi) is 3.98. The Labute approximate surface area is 193 Å². The van der Waals surface area contributed by atoms with E-state index in [1.54, 1.807) is 6.20 Å². The van der Waals surface area contributed by atoms with Crippen molar-refractivity contribution < 1.29 is 8.96 Å². The number of aryl methyl sites for hydroxylation is 4. The predicted octanol–water partition coefficient (Wildman–Crippen LogP) is 7.47. The smallest absolute Gasteiger partial charge is 0.224 e. The largest absolute Gasteiger partial charge is 0.307 e. The summed E-state index contributed by atoms with van der Waals surface area (Å²) in [5.41, 5.74) is 10.0. The lowest BCUT2D eigenvalue weighted by molar-refractivity contribution is -0.645. The molecule has 33 heavy (non-hydrogen) atoms. The van der Waals surface area contributed by atoms with Crippen molar-refractivity contribution >= 4 is 49.0 Å². The first-order valence-corrected chi connectivity index (χ1v) is 11.8. The number of aromatic nitrogens is 2. The topological polar surface area (TPSA) is 8.29 Å². The summed E-state index contributed by atoms with van der Waals surface area (Å²) in [6, 6.07) is 13.2. The van der Waals surface area contributed by atoms with Crippen LogP contribution < -0.4 is 4.57 Å². The minimum atomic E-state index is -0.172. The Hall–Kier alpha value is -3.20. The normalized spacial score (nSPS) is 13.0. The van der Waals surface area contributed by atoms with E-state index in [-0.39, 0.29) is 11.2 Å². The van der Waals surface area contributed by atoms with Crippen molar-refractivity contribution in [3.05, 3.63) is 70.7 Å². The third-order valence-corrected chi connectivity index (χ3v) is 7.35. The van der Waals surface area contributed by atoms with E-state index in [1.165, 1.54) is 49.4 Å². The average molecular weight is 438 g/mol. The van der Waals surface area contributed by atoms with Crippen LogP contribution in [0.3, 0.4) is 0 Å². The highest BCUT2D eigenvalue weighted by atomic mass is 19.1. The minimum absolute atomic E-state index is 0.172. The minimum Gasteiger partial charge on any atom is -0.307 e. The molecule has 3 heteroatoms. The molecule has 0 radical (unpaired) electrons. The van der Waals surface area contributed by atoms with E-state index in [4.69, 9.17) is 0 Å². The lowest BCUT2D eigenvalue weighted by Gasteiger charge is -2.18. The van der Waals surface area contributed by atoms with E-state index in [0.29, 0.717) is 5.39 Å². The summed E-state index contributed by atoms with van der Waals surface area (Å²) in [4.78, 5) is 0. The Bertz CT molecular complexity index is 1760. The second kappa shape index (κ2) is 6.44. The summed E-state index contributed by atoms with van der Waals surface area (Å²) in [6.07, 6.45) is 2.64. The van der Waals surface area contributed by atoms with Crippen LogP contribution in [0, 0.1) is 32.0 Å². The van der Waals surface area contributed by atoms with Gasteiger partial charge in [0.05, 0.1) is 27.3 Å². The van der Waals surface area contributed by atoms with Gasteiger partial charge < -0.3 is 4.40 Å². The van der Waals surface area contributed by atoms with Crippen LogP contribution >= 0.6 is 0 Å². The van der Waals surface area contributed by atoms with Gasteiger partial charge in [-0.1, -0.05) is 51.1 Å². The zero-order chi connectivity index (χ0) is 23.4. The molecule has 3 heterocycles. The van der Waals surface area contributed by atoms with E-state index in [0.717, 1.165) is 22.8 Å². The Morgan fingerprint density at radius 2 is 1.55 bits per heavy atom. The van der Waals surface area contributed by atoms with Crippen molar-refractivity contribution in [2.24, 2.45) is 12.5 Å². The van der Waals surface area contributed by atoms with Gasteiger partial charge >= 0.3 is 0 Å². The molecule has 2 nitrogen and oxygen atoms in total. The van der Waals surface area contributed by atoms with Crippen molar-refractivity contribution in [2.45, 2.75) is 48.0 Å². The summed E-state index contributed by atoms with van der Waals surface area (Å²) in [5, 5.41) is 5.35. The first kappa shape index (κ1) is 20.4. The van der Waals surface area contributed by atoms with Crippen molar-refractivity contribution in [1.29, 1.82) is 0 Å². The van der Waals surface area contributed by atoms with Crippen molar-refractivity contribution in [3.63, 3.8) is 0 Å². The van der Waals surface area contributed by atoms with Gasteiger partial charge in [-0.25, -0.2) is 0 Å². The summed E-state index contributed by atoms with van der Waals surface area (Å²) < 4.78 is 19.6. The van der Waals surface area contributed by atoms with Crippen LogP contribution in [0.2, 0.25) is 0 Å². The van der Waals surface area contributed by atoms with E-state index in [2.05, 4.69) is 76.3 Å².